The van der Waals surface area contributed by atoms with Gasteiger partial charge in [0.2, 0.25) is 0 Å². The van der Waals surface area contributed by atoms with E-state index in [4.69, 9.17) is 20.8 Å². The van der Waals surface area contributed by atoms with E-state index in [1.807, 2.05) is 0 Å². The van der Waals surface area contributed by atoms with Crippen molar-refractivity contribution in [2.45, 2.75) is 0 Å². The number of para-hydroxylation sites is 1. The van der Waals surface area contributed by atoms with E-state index in [0.29, 0.717) is 21.2 Å². The molecule has 0 aliphatic carbocycles. The molecule has 0 bridgehead atoms. The van der Waals surface area contributed by atoms with Crippen LogP contribution in [0.4, 0.5) is 0 Å². The summed E-state index contributed by atoms with van der Waals surface area (Å²) < 4.78 is 11.8. The molecule has 0 unspecified atom stereocenters. The highest BCUT2D eigenvalue weighted by atomic mass is 79.9. The summed E-state index contributed by atoms with van der Waals surface area (Å²) in [5, 5.41) is 4.20. The van der Waals surface area contributed by atoms with Gasteiger partial charge >= 0.3 is 0 Å². The quantitative estimate of drug-likeness (QED) is 0.570. The summed E-state index contributed by atoms with van der Waals surface area (Å²) in [6.07, 6.45) is 1.38. The Labute approximate surface area is 142 Å². The number of hydrogen-bond acceptors (Lipinski definition) is 4. The molecule has 1 heterocycles. The van der Waals surface area contributed by atoms with Gasteiger partial charge in [-0.2, -0.15) is 5.10 Å². The smallest absolute Gasteiger partial charge is 0.277 e. The van der Waals surface area contributed by atoms with Crippen molar-refractivity contribution in [2.75, 3.05) is 6.61 Å². The molecule has 0 fully saturated rings. The summed E-state index contributed by atoms with van der Waals surface area (Å²) in [6, 6.07) is 8.61. The molecule has 5 nitrogen and oxygen atoms in total. The molecule has 1 amide bonds. The van der Waals surface area contributed by atoms with Crippen LogP contribution >= 0.6 is 43.5 Å². The minimum absolute atomic E-state index is 0.188. The van der Waals surface area contributed by atoms with Gasteiger partial charge in [0.25, 0.3) is 5.91 Å². The average molecular weight is 436 g/mol. The predicted molar refractivity (Wildman–Crippen MR) is 86.8 cm³/mol. The Kier molecular flexibility index (Phi) is 5.84. The number of carbonyl (C=O) groups is 1. The molecule has 0 atom stereocenters. The number of rotatable bonds is 5. The maximum atomic E-state index is 11.5. The van der Waals surface area contributed by atoms with Crippen LogP contribution < -0.4 is 10.2 Å². The summed E-state index contributed by atoms with van der Waals surface area (Å²) in [6.45, 7) is -0.188. The van der Waals surface area contributed by atoms with Gasteiger partial charge in [-0.15, -0.1) is 0 Å². The van der Waals surface area contributed by atoms with Crippen molar-refractivity contribution in [2.24, 2.45) is 5.10 Å². The molecule has 110 valence electrons. The lowest BCUT2D eigenvalue weighted by Crippen LogP contribution is -2.24. The largest absolute Gasteiger partial charge is 0.482 e. The van der Waals surface area contributed by atoms with E-state index >= 15 is 0 Å². The van der Waals surface area contributed by atoms with Crippen molar-refractivity contribution >= 4 is 55.6 Å². The third-order valence-electron chi connectivity index (χ3n) is 2.24. The zero-order valence-electron chi connectivity index (χ0n) is 10.5. The Morgan fingerprint density at radius 2 is 2.19 bits per heavy atom. The van der Waals surface area contributed by atoms with Crippen LogP contribution in [0.1, 0.15) is 5.76 Å². The molecule has 0 radical (unpaired) electrons. The van der Waals surface area contributed by atoms with Crippen molar-refractivity contribution < 1.29 is 13.9 Å². The molecule has 21 heavy (non-hydrogen) atoms. The molecule has 0 aliphatic rings. The van der Waals surface area contributed by atoms with Crippen molar-refractivity contribution in [1.29, 1.82) is 0 Å². The second-order valence-electron chi connectivity index (χ2n) is 3.78. The highest BCUT2D eigenvalue weighted by Crippen LogP contribution is 2.25. The number of carbonyl (C=O) groups excluding carboxylic acids is 1. The SMILES string of the molecule is O=C(COc1ccccc1Cl)N/N=C/c1cc(Br)c(Br)o1. The first-order valence-corrected chi connectivity index (χ1v) is 7.66. The second-order valence-corrected chi connectivity index (χ2v) is 5.76. The molecular weight excluding hydrogens is 427 g/mol. The number of amides is 1. The molecule has 2 aromatic rings. The van der Waals surface area contributed by atoms with Crippen LogP contribution in [0.2, 0.25) is 5.02 Å². The lowest BCUT2D eigenvalue weighted by molar-refractivity contribution is -0.123. The Morgan fingerprint density at radius 3 is 2.86 bits per heavy atom. The van der Waals surface area contributed by atoms with Crippen LogP contribution in [-0.2, 0) is 4.79 Å². The molecule has 1 N–H and O–H groups in total. The third-order valence-corrected chi connectivity index (χ3v) is 4.26. The van der Waals surface area contributed by atoms with Crippen molar-refractivity contribution in [1.82, 2.24) is 5.43 Å². The standard InChI is InChI=1S/C13H9Br2ClN2O3/c14-9-5-8(21-13(9)15)6-17-18-12(19)7-20-11-4-2-1-3-10(11)16/h1-6H,7H2,(H,18,19)/b17-6+. The maximum Gasteiger partial charge on any atom is 0.277 e. The summed E-state index contributed by atoms with van der Waals surface area (Å²) in [4.78, 5) is 11.5. The first-order valence-electron chi connectivity index (χ1n) is 5.70. The Balaban J connectivity index is 1.81. The number of nitrogens with zero attached hydrogens (tertiary/aromatic N) is 1. The fourth-order valence-electron chi connectivity index (χ4n) is 1.33. The van der Waals surface area contributed by atoms with Gasteiger partial charge in [0.1, 0.15) is 11.5 Å². The van der Waals surface area contributed by atoms with Crippen LogP contribution in [0.25, 0.3) is 0 Å². The highest BCUT2D eigenvalue weighted by Gasteiger charge is 2.05. The molecular formula is C13H9Br2ClN2O3. The van der Waals surface area contributed by atoms with Gasteiger partial charge in [0.05, 0.1) is 15.7 Å². The monoisotopic (exact) mass is 434 g/mol. The predicted octanol–water partition coefficient (Wildman–Crippen LogP) is 3.99. The van der Waals surface area contributed by atoms with E-state index in [1.54, 1.807) is 30.3 Å². The van der Waals surface area contributed by atoms with E-state index in [0.717, 1.165) is 4.47 Å². The Morgan fingerprint density at radius 1 is 1.43 bits per heavy atom. The number of nitrogens with one attached hydrogen (secondary N) is 1. The van der Waals surface area contributed by atoms with Gasteiger partial charge in [0, 0.05) is 6.07 Å². The topological polar surface area (TPSA) is 63.8 Å². The molecule has 2 rings (SSSR count). The van der Waals surface area contributed by atoms with Gasteiger partial charge in [-0.3, -0.25) is 4.79 Å². The number of halogens is 3. The average Bonchev–Trinajstić information content (AvgIpc) is 2.77. The van der Waals surface area contributed by atoms with E-state index in [2.05, 4.69) is 42.4 Å². The molecule has 0 spiro atoms. The summed E-state index contributed by atoms with van der Waals surface area (Å²) in [5.74, 6) is 0.522. The number of hydrogen-bond donors (Lipinski definition) is 1. The minimum Gasteiger partial charge on any atom is -0.482 e. The molecule has 0 aliphatic heterocycles. The van der Waals surface area contributed by atoms with Gasteiger partial charge in [-0.05, 0) is 44.0 Å². The summed E-state index contributed by atoms with van der Waals surface area (Å²) >= 11 is 12.4. The molecule has 1 aromatic carbocycles. The van der Waals surface area contributed by atoms with Crippen LogP contribution in [0.5, 0.6) is 5.75 Å². The molecule has 0 saturated heterocycles. The van der Waals surface area contributed by atoms with Gasteiger partial charge < -0.3 is 9.15 Å². The molecule has 1 aromatic heterocycles. The van der Waals surface area contributed by atoms with Crippen LogP contribution in [0.3, 0.4) is 0 Å². The Hall–Kier alpha value is -1.31. The second kappa shape index (κ2) is 7.63. The van der Waals surface area contributed by atoms with E-state index < -0.39 is 5.91 Å². The third kappa shape index (κ3) is 4.87. The van der Waals surface area contributed by atoms with E-state index in [9.17, 15) is 4.79 Å². The van der Waals surface area contributed by atoms with Gasteiger partial charge in [0.15, 0.2) is 11.3 Å². The van der Waals surface area contributed by atoms with E-state index in [-0.39, 0.29) is 6.61 Å². The Bertz CT molecular complexity index is 654. The maximum absolute atomic E-state index is 11.5. The molecule has 0 saturated carbocycles. The van der Waals surface area contributed by atoms with Crippen LogP contribution in [0, 0.1) is 0 Å². The summed E-state index contributed by atoms with van der Waals surface area (Å²) in [5.41, 5.74) is 2.32. The fraction of sp³-hybridized carbons (Fsp3) is 0.0769. The van der Waals surface area contributed by atoms with E-state index in [1.165, 1.54) is 6.21 Å². The number of ether oxygens (including phenoxy) is 1. The van der Waals surface area contributed by atoms with Crippen molar-refractivity contribution in [3.05, 3.63) is 50.3 Å². The first kappa shape index (κ1) is 16.1. The van der Waals surface area contributed by atoms with Crippen molar-refractivity contribution in [3.8, 4) is 5.75 Å². The van der Waals surface area contributed by atoms with Gasteiger partial charge in [-0.1, -0.05) is 23.7 Å². The highest BCUT2D eigenvalue weighted by molar-refractivity contribution is 9.13. The zero-order valence-corrected chi connectivity index (χ0v) is 14.4. The van der Waals surface area contributed by atoms with Crippen LogP contribution in [0.15, 0.2) is 49.0 Å². The lowest BCUT2D eigenvalue weighted by atomic mass is 10.3. The number of furan rings is 1. The minimum atomic E-state index is -0.407. The fourth-order valence-corrected chi connectivity index (χ4v) is 2.13. The first-order chi connectivity index (χ1) is 10.1. The number of hydrazone groups is 1. The normalized spacial score (nSPS) is 10.8. The van der Waals surface area contributed by atoms with Gasteiger partial charge in [-0.25, -0.2) is 5.43 Å². The zero-order chi connectivity index (χ0) is 15.2. The van der Waals surface area contributed by atoms with Crippen molar-refractivity contribution in [3.63, 3.8) is 0 Å². The lowest BCUT2D eigenvalue weighted by Gasteiger charge is -2.05. The summed E-state index contributed by atoms with van der Waals surface area (Å²) in [7, 11) is 0. The van der Waals surface area contributed by atoms with Crippen LogP contribution in [-0.4, -0.2) is 18.7 Å². The molecule has 8 heteroatoms. The number of benzene rings is 1.